The van der Waals surface area contributed by atoms with Crippen LogP contribution in [0.25, 0.3) is 0 Å². The van der Waals surface area contributed by atoms with Gasteiger partial charge >= 0.3 is 17.9 Å². The number of hydrogen-bond donors (Lipinski definition) is 0. The van der Waals surface area contributed by atoms with Gasteiger partial charge in [0, 0.05) is 19.3 Å². The van der Waals surface area contributed by atoms with Crippen LogP contribution in [-0.4, -0.2) is 37.2 Å². The predicted octanol–water partition coefficient (Wildman–Crippen LogP) is 17.1. The number of carbonyl (C=O) groups is 3. The Morgan fingerprint density at radius 2 is 0.607 bits per heavy atom. The van der Waals surface area contributed by atoms with Crippen LogP contribution in [0.4, 0.5) is 0 Å². The predicted molar refractivity (Wildman–Crippen MR) is 261 cm³/mol. The molecule has 0 aromatic rings. The molecule has 0 aliphatic carbocycles. The first-order valence-electron chi connectivity index (χ1n) is 26.2. The average molecular weight is 855 g/mol. The number of hydrogen-bond acceptors (Lipinski definition) is 6. The van der Waals surface area contributed by atoms with Crippen LogP contribution in [0.2, 0.25) is 0 Å². The molecule has 61 heavy (non-hydrogen) atoms. The van der Waals surface area contributed by atoms with E-state index in [0.717, 1.165) is 83.5 Å². The Morgan fingerprint density at radius 3 is 1.00 bits per heavy atom. The summed E-state index contributed by atoms with van der Waals surface area (Å²) in [5, 5.41) is 0. The van der Waals surface area contributed by atoms with E-state index in [4.69, 9.17) is 14.2 Å². The molecular formula is C55H98O6. The summed E-state index contributed by atoms with van der Waals surface area (Å²) < 4.78 is 16.7. The zero-order chi connectivity index (χ0) is 44.4. The Kier molecular flexibility index (Phi) is 47.9. The molecule has 0 N–H and O–H groups in total. The van der Waals surface area contributed by atoms with Crippen LogP contribution >= 0.6 is 0 Å². The van der Waals surface area contributed by atoms with Gasteiger partial charge in [0.15, 0.2) is 6.10 Å². The first kappa shape index (κ1) is 58.4. The van der Waals surface area contributed by atoms with Gasteiger partial charge in [-0.25, -0.2) is 0 Å². The number of ether oxygens (including phenoxy) is 3. The lowest BCUT2D eigenvalue weighted by Gasteiger charge is -2.18. The number of carbonyl (C=O) groups excluding carboxylic acids is 3. The standard InChI is InChI=1S/C55H98O6/c1-4-7-10-13-16-19-21-23-25-27-28-30-31-33-36-39-42-45-48-54(57)60-51-52(50-59-53(56)47-44-41-38-35-18-15-12-9-6-3)61-55(58)49-46-43-40-37-34-32-29-26-24-22-20-17-14-11-8-5-2/h25-30,35,38,52H,4-24,31-34,36-37,39-51H2,1-3H3/b27-25-,29-26-,30-28-,38-35-. The summed E-state index contributed by atoms with van der Waals surface area (Å²) in [6.45, 7) is 6.56. The van der Waals surface area contributed by atoms with Gasteiger partial charge in [-0.3, -0.25) is 14.4 Å². The Morgan fingerprint density at radius 1 is 0.328 bits per heavy atom. The largest absolute Gasteiger partial charge is 0.462 e. The normalized spacial score (nSPS) is 12.4. The molecule has 1 atom stereocenters. The second kappa shape index (κ2) is 50.0. The van der Waals surface area contributed by atoms with Gasteiger partial charge in [0.25, 0.3) is 0 Å². The molecule has 0 fully saturated rings. The molecule has 0 aromatic carbocycles. The molecule has 1 unspecified atom stereocenters. The molecule has 354 valence electrons. The highest BCUT2D eigenvalue weighted by Crippen LogP contribution is 2.14. The van der Waals surface area contributed by atoms with Crippen molar-refractivity contribution in [2.24, 2.45) is 0 Å². The van der Waals surface area contributed by atoms with Crippen LogP contribution < -0.4 is 0 Å². The topological polar surface area (TPSA) is 78.9 Å². The molecule has 0 aliphatic heterocycles. The van der Waals surface area contributed by atoms with E-state index in [9.17, 15) is 14.4 Å². The van der Waals surface area contributed by atoms with E-state index in [-0.39, 0.29) is 31.1 Å². The van der Waals surface area contributed by atoms with Crippen LogP contribution in [0, 0.1) is 0 Å². The summed E-state index contributed by atoms with van der Waals surface area (Å²) in [7, 11) is 0. The molecule has 0 bridgehead atoms. The van der Waals surface area contributed by atoms with Gasteiger partial charge in [-0.2, -0.15) is 0 Å². The van der Waals surface area contributed by atoms with Crippen molar-refractivity contribution in [1.82, 2.24) is 0 Å². The molecule has 0 aliphatic rings. The number of esters is 3. The average Bonchev–Trinajstić information content (AvgIpc) is 3.26. The van der Waals surface area contributed by atoms with E-state index in [1.807, 2.05) is 0 Å². The molecule has 6 nitrogen and oxygen atoms in total. The minimum Gasteiger partial charge on any atom is -0.462 e. The van der Waals surface area contributed by atoms with Gasteiger partial charge in [-0.05, 0) is 89.9 Å². The summed E-state index contributed by atoms with van der Waals surface area (Å²) >= 11 is 0. The summed E-state index contributed by atoms with van der Waals surface area (Å²) in [6.07, 6.45) is 59.6. The van der Waals surface area contributed by atoms with E-state index < -0.39 is 6.10 Å². The highest BCUT2D eigenvalue weighted by molar-refractivity contribution is 5.71. The minimum atomic E-state index is -0.792. The van der Waals surface area contributed by atoms with Crippen molar-refractivity contribution in [3.8, 4) is 0 Å². The summed E-state index contributed by atoms with van der Waals surface area (Å²) in [4.78, 5) is 37.9. The molecule has 0 radical (unpaired) electrons. The van der Waals surface area contributed by atoms with E-state index in [2.05, 4.69) is 69.4 Å². The van der Waals surface area contributed by atoms with Gasteiger partial charge in [0.05, 0.1) is 0 Å². The molecule has 0 spiro atoms. The maximum atomic E-state index is 12.8. The fourth-order valence-electron chi connectivity index (χ4n) is 7.31. The lowest BCUT2D eigenvalue weighted by Crippen LogP contribution is -2.30. The monoisotopic (exact) mass is 855 g/mol. The third-order valence-electron chi connectivity index (χ3n) is 11.3. The van der Waals surface area contributed by atoms with Crippen LogP contribution in [0.15, 0.2) is 48.6 Å². The van der Waals surface area contributed by atoms with E-state index in [1.165, 1.54) is 135 Å². The van der Waals surface area contributed by atoms with Crippen LogP contribution in [0.1, 0.15) is 265 Å². The number of unbranched alkanes of at least 4 members (excludes halogenated alkanes) is 29. The Bertz CT molecular complexity index is 1070. The number of rotatable bonds is 47. The first-order chi connectivity index (χ1) is 30.0. The van der Waals surface area contributed by atoms with Gasteiger partial charge < -0.3 is 14.2 Å². The van der Waals surface area contributed by atoms with E-state index in [0.29, 0.717) is 25.7 Å². The van der Waals surface area contributed by atoms with Gasteiger partial charge in [0.2, 0.25) is 0 Å². The van der Waals surface area contributed by atoms with Crippen molar-refractivity contribution >= 4 is 17.9 Å². The van der Waals surface area contributed by atoms with Crippen molar-refractivity contribution in [3.63, 3.8) is 0 Å². The van der Waals surface area contributed by atoms with Crippen molar-refractivity contribution in [3.05, 3.63) is 48.6 Å². The molecule has 0 saturated carbocycles. The van der Waals surface area contributed by atoms with Gasteiger partial charge in [-0.15, -0.1) is 0 Å². The molecule has 0 amide bonds. The highest BCUT2D eigenvalue weighted by atomic mass is 16.6. The molecule has 0 rings (SSSR count). The zero-order valence-electron chi connectivity index (χ0n) is 40.4. The van der Waals surface area contributed by atoms with Gasteiger partial charge in [-0.1, -0.05) is 204 Å². The second-order valence-electron chi connectivity index (χ2n) is 17.5. The number of allylic oxidation sites excluding steroid dienone is 8. The van der Waals surface area contributed by atoms with Crippen molar-refractivity contribution < 1.29 is 28.6 Å². The zero-order valence-corrected chi connectivity index (χ0v) is 40.4. The SMILES string of the molecule is CCCCCC/C=C\CCCC(=O)OCC(COC(=O)CCCCCCC/C=C\C=C/CCCCCCCCC)OC(=O)CCCCCCC/C=C\CCCCCCCCC. The van der Waals surface area contributed by atoms with Crippen molar-refractivity contribution in [1.29, 1.82) is 0 Å². The van der Waals surface area contributed by atoms with Gasteiger partial charge in [0.1, 0.15) is 13.2 Å². The Labute approximate surface area is 378 Å². The molecular weight excluding hydrogens is 757 g/mol. The summed E-state index contributed by atoms with van der Waals surface area (Å²) in [6, 6.07) is 0. The van der Waals surface area contributed by atoms with Crippen LogP contribution in [-0.2, 0) is 28.6 Å². The lowest BCUT2D eigenvalue weighted by molar-refractivity contribution is -0.167. The Balaban J connectivity index is 4.36. The molecule has 6 heteroatoms. The highest BCUT2D eigenvalue weighted by Gasteiger charge is 2.19. The van der Waals surface area contributed by atoms with E-state index in [1.54, 1.807) is 0 Å². The first-order valence-corrected chi connectivity index (χ1v) is 26.2. The van der Waals surface area contributed by atoms with Crippen molar-refractivity contribution in [2.75, 3.05) is 13.2 Å². The third-order valence-corrected chi connectivity index (χ3v) is 11.3. The van der Waals surface area contributed by atoms with E-state index >= 15 is 0 Å². The summed E-state index contributed by atoms with van der Waals surface area (Å²) in [5.41, 5.74) is 0. The maximum absolute atomic E-state index is 12.8. The van der Waals surface area contributed by atoms with Crippen molar-refractivity contribution in [2.45, 2.75) is 271 Å². The lowest BCUT2D eigenvalue weighted by atomic mass is 10.1. The quantitative estimate of drug-likeness (QED) is 0.0199. The second-order valence-corrected chi connectivity index (χ2v) is 17.5. The smallest absolute Gasteiger partial charge is 0.306 e. The van der Waals surface area contributed by atoms with Crippen LogP contribution in [0.3, 0.4) is 0 Å². The maximum Gasteiger partial charge on any atom is 0.306 e. The third kappa shape index (κ3) is 48.3. The Hall–Kier alpha value is -2.63. The fourth-order valence-corrected chi connectivity index (χ4v) is 7.31. The van der Waals surface area contributed by atoms with Crippen LogP contribution in [0.5, 0.6) is 0 Å². The molecule has 0 aromatic heterocycles. The fraction of sp³-hybridized carbons (Fsp3) is 0.800. The summed E-state index contributed by atoms with van der Waals surface area (Å²) in [5.74, 6) is -0.946. The molecule has 0 saturated heterocycles. The molecule has 0 heterocycles. The minimum absolute atomic E-state index is 0.0923.